The van der Waals surface area contributed by atoms with E-state index in [9.17, 15) is 4.39 Å². The van der Waals surface area contributed by atoms with Crippen molar-refractivity contribution in [2.45, 2.75) is 38.6 Å². The van der Waals surface area contributed by atoms with Crippen molar-refractivity contribution in [3.05, 3.63) is 34.1 Å². The van der Waals surface area contributed by atoms with Crippen LogP contribution >= 0.6 is 11.6 Å². The SMILES string of the molecule is Cc1cc(F)c(CC2CCCCN2)cc1Cl. The maximum atomic E-state index is 13.7. The molecule has 0 saturated carbocycles. The monoisotopic (exact) mass is 241 g/mol. The molecule has 1 heterocycles. The third kappa shape index (κ3) is 2.74. The molecule has 2 rings (SSSR count). The minimum Gasteiger partial charge on any atom is -0.314 e. The van der Waals surface area contributed by atoms with E-state index in [1.165, 1.54) is 18.9 Å². The number of aryl methyl sites for hydroxylation is 1. The summed E-state index contributed by atoms with van der Waals surface area (Å²) in [7, 11) is 0. The summed E-state index contributed by atoms with van der Waals surface area (Å²) >= 11 is 6.02. The largest absolute Gasteiger partial charge is 0.314 e. The van der Waals surface area contributed by atoms with Crippen molar-refractivity contribution in [1.29, 1.82) is 0 Å². The smallest absolute Gasteiger partial charge is 0.126 e. The Morgan fingerprint density at radius 3 is 2.94 bits per heavy atom. The third-order valence-electron chi connectivity index (χ3n) is 3.21. The Morgan fingerprint density at radius 1 is 1.44 bits per heavy atom. The van der Waals surface area contributed by atoms with Gasteiger partial charge in [0.25, 0.3) is 0 Å². The molecule has 1 N–H and O–H groups in total. The molecular formula is C13H17ClFN. The van der Waals surface area contributed by atoms with Gasteiger partial charge < -0.3 is 5.32 Å². The molecule has 1 nitrogen and oxygen atoms in total. The number of piperidine rings is 1. The average Bonchev–Trinajstić information content (AvgIpc) is 2.27. The minimum absolute atomic E-state index is 0.130. The molecule has 0 radical (unpaired) electrons. The fraction of sp³-hybridized carbons (Fsp3) is 0.538. The predicted molar refractivity (Wildman–Crippen MR) is 65.5 cm³/mol. The van der Waals surface area contributed by atoms with Gasteiger partial charge in [-0.1, -0.05) is 18.0 Å². The Bertz CT molecular complexity index is 372. The molecule has 0 bridgehead atoms. The molecule has 1 saturated heterocycles. The zero-order chi connectivity index (χ0) is 11.5. The second kappa shape index (κ2) is 5.15. The highest BCUT2D eigenvalue weighted by Gasteiger charge is 2.15. The first-order chi connectivity index (χ1) is 7.66. The maximum absolute atomic E-state index is 13.7. The summed E-state index contributed by atoms with van der Waals surface area (Å²) in [5, 5.41) is 4.08. The second-order valence-corrected chi connectivity index (χ2v) is 4.95. The van der Waals surface area contributed by atoms with Crippen LogP contribution in [0.3, 0.4) is 0 Å². The van der Waals surface area contributed by atoms with Gasteiger partial charge in [0.2, 0.25) is 0 Å². The average molecular weight is 242 g/mol. The highest BCUT2D eigenvalue weighted by atomic mass is 35.5. The molecule has 88 valence electrons. The molecule has 3 heteroatoms. The Balaban J connectivity index is 2.11. The van der Waals surface area contributed by atoms with Crippen LogP contribution in [0.15, 0.2) is 12.1 Å². The van der Waals surface area contributed by atoms with Gasteiger partial charge in [0.05, 0.1) is 0 Å². The summed E-state index contributed by atoms with van der Waals surface area (Å²) in [4.78, 5) is 0. The predicted octanol–water partition coefficient (Wildman–Crippen LogP) is 3.47. The Morgan fingerprint density at radius 2 is 2.25 bits per heavy atom. The Hall–Kier alpha value is -0.600. The van der Waals surface area contributed by atoms with E-state index < -0.39 is 0 Å². The van der Waals surface area contributed by atoms with Gasteiger partial charge in [-0.25, -0.2) is 4.39 Å². The Labute approximate surface area is 101 Å². The van der Waals surface area contributed by atoms with Crippen molar-refractivity contribution in [2.24, 2.45) is 0 Å². The second-order valence-electron chi connectivity index (χ2n) is 4.54. The fourth-order valence-electron chi connectivity index (χ4n) is 2.21. The van der Waals surface area contributed by atoms with Gasteiger partial charge in [0.1, 0.15) is 5.82 Å². The first-order valence-electron chi connectivity index (χ1n) is 5.84. The summed E-state index contributed by atoms with van der Waals surface area (Å²) in [6.45, 7) is 2.87. The molecule has 1 aromatic carbocycles. The van der Waals surface area contributed by atoms with Gasteiger partial charge in [-0.05, 0) is 56.0 Å². The maximum Gasteiger partial charge on any atom is 0.126 e. The first-order valence-corrected chi connectivity index (χ1v) is 6.22. The van der Waals surface area contributed by atoms with E-state index in [0.29, 0.717) is 11.1 Å². The van der Waals surface area contributed by atoms with Gasteiger partial charge >= 0.3 is 0 Å². The molecular weight excluding hydrogens is 225 g/mol. The zero-order valence-electron chi connectivity index (χ0n) is 9.52. The van der Waals surface area contributed by atoms with Crippen LogP contribution in [0, 0.1) is 12.7 Å². The van der Waals surface area contributed by atoms with E-state index in [4.69, 9.17) is 11.6 Å². The van der Waals surface area contributed by atoms with Crippen LogP contribution < -0.4 is 5.32 Å². The molecule has 1 atom stereocenters. The lowest BCUT2D eigenvalue weighted by atomic mass is 9.97. The van der Waals surface area contributed by atoms with Crippen LogP contribution in [0.2, 0.25) is 5.02 Å². The number of benzene rings is 1. The van der Waals surface area contributed by atoms with E-state index >= 15 is 0 Å². The minimum atomic E-state index is -0.130. The highest BCUT2D eigenvalue weighted by Crippen LogP contribution is 2.22. The third-order valence-corrected chi connectivity index (χ3v) is 3.61. The highest BCUT2D eigenvalue weighted by molar-refractivity contribution is 6.31. The quantitative estimate of drug-likeness (QED) is 0.836. The molecule has 1 fully saturated rings. The van der Waals surface area contributed by atoms with E-state index in [1.54, 1.807) is 6.07 Å². The van der Waals surface area contributed by atoms with Crippen LogP contribution in [-0.4, -0.2) is 12.6 Å². The molecule has 0 spiro atoms. The summed E-state index contributed by atoms with van der Waals surface area (Å²) in [6.07, 6.45) is 4.34. The normalized spacial score (nSPS) is 21.1. The van der Waals surface area contributed by atoms with E-state index in [0.717, 1.165) is 30.5 Å². The Kier molecular flexibility index (Phi) is 3.82. The van der Waals surface area contributed by atoms with Crippen molar-refractivity contribution in [3.8, 4) is 0 Å². The molecule has 16 heavy (non-hydrogen) atoms. The summed E-state index contributed by atoms with van der Waals surface area (Å²) in [5.41, 5.74) is 1.54. The summed E-state index contributed by atoms with van der Waals surface area (Å²) < 4.78 is 13.7. The van der Waals surface area contributed by atoms with Gasteiger partial charge in [0.15, 0.2) is 0 Å². The number of hydrogen-bond acceptors (Lipinski definition) is 1. The number of rotatable bonds is 2. The summed E-state index contributed by atoms with van der Waals surface area (Å²) in [6, 6.07) is 3.70. The topological polar surface area (TPSA) is 12.0 Å². The van der Waals surface area contributed by atoms with Crippen LogP contribution in [0.4, 0.5) is 4.39 Å². The van der Waals surface area contributed by atoms with Crippen molar-refractivity contribution < 1.29 is 4.39 Å². The first kappa shape index (κ1) is 11.9. The fourth-order valence-corrected chi connectivity index (χ4v) is 2.39. The van der Waals surface area contributed by atoms with Crippen molar-refractivity contribution in [2.75, 3.05) is 6.54 Å². The number of halogens is 2. The van der Waals surface area contributed by atoms with Gasteiger partial charge in [-0.3, -0.25) is 0 Å². The van der Waals surface area contributed by atoms with E-state index in [1.807, 2.05) is 6.92 Å². The van der Waals surface area contributed by atoms with Crippen molar-refractivity contribution >= 4 is 11.6 Å². The van der Waals surface area contributed by atoms with Gasteiger partial charge in [0, 0.05) is 11.1 Å². The van der Waals surface area contributed by atoms with Crippen molar-refractivity contribution in [1.82, 2.24) is 5.32 Å². The van der Waals surface area contributed by atoms with Gasteiger partial charge in [-0.15, -0.1) is 0 Å². The van der Waals surface area contributed by atoms with Crippen LogP contribution in [0.25, 0.3) is 0 Å². The van der Waals surface area contributed by atoms with Crippen LogP contribution in [0.5, 0.6) is 0 Å². The molecule has 1 aliphatic heterocycles. The molecule has 0 amide bonds. The zero-order valence-corrected chi connectivity index (χ0v) is 10.3. The number of hydrogen-bond donors (Lipinski definition) is 1. The lowest BCUT2D eigenvalue weighted by molar-refractivity contribution is 0.395. The number of nitrogens with one attached hydrogen (secondary N) is 1. The van der Waals surface area contributed by atoms with Crippen LogP contribution in [0.1, 0.15) is 30.4 Å². The molecule has 0 aliphatic carbocycles. The molecule has 1 aliphatic rings. The lowest BCUT2D eigenvalue weighted by Gasteiger charge is -2.23. The van der Waals surface area contributed by atoms with Gasteiger partial charge in [-0.2, -0.15) is 0 Å². The molecule has 0 aromatic heterocycles. The standard InChI is InChI=1S/C13H17ClFN/c1-9-6-13(15)10(8-12(9)14)7-11-4-2-3-5-16-11/h6,8,11,16H,2-5,7H2,1H3. The van der Waals surface area contributed by atoms with Crippen molar-refractivity contribution in [3.63, 3.8) is 0 Å². The molecule has 1 unspecified atom stereocenters. The van der Waals surface area contributed by atoms with E-state index in [-0.39, 0.29) is 5.82 Å². The summed E-state index contributed by atoms with van der Waals surface area (Å²) in [5.74, 6) is -0.130. The van der Waals surface area contributed by atoms with Crippen LogP contribution in [-0.2, 0) is 6.42 Å². The molecule has 1 aromatic rings. The lowest BCUT2D eigenvalue weighted by Crippen LogP contribution is -2.35. The van der Waals surface area contributed by atoms with E-state index in [2.05, 4.69) is 5.32 Å².